The van der Waals surface area contributed by atoms with Crippen LogP contribution >= 0.6 is 15.9 Å². The van der Waals surface area contributed by atoms with Gasteiger partial charge in [-0.1, -0.05) is 22.0 Å². The van der Waals surface area contributed by atoms with E-state index in [9.17, 15) is 4.39 Å². The number of halogens is 2. The summed E-state index contributed by atoms with van der Waals surface area (Å²) in [4.78, 5) is 0. The third-order valence-electron chi connectivity index (χ3n) is 3.34. The van der Waals surface area contributed by atoms with Crippen molar-refractivity contribution >= 4 is 15.9 Å². The number of ether oxygens (including phenoxy) is 1. The van der Waals surface area contributed by atoms with E-state index in [4.69, 9.17) is 4.74 Å². The molecular formula is C14H19BrFNO. The number of benzene rings is 1. The first-order chi connectivity index (χ1) is 8.75. The van der Waals surface area contributed by atoms with Gasteiger partial charge in [0.05, 0.1) is 6.61 Å². The summed E-state index contributed by atoms with van der Waals surface area (Å²) in [6.07, 6.45) is 3.68. The van der Waals surface area contributed by atoms with Crippen LogP contribution in [0.3, 0.4) is 0 Å². The molecule has 1 atom stereocenters. The van der Waals surface area contributed by atoms with Gasteiger partial charge >= 0.3 is 0 Å². The van der Waals surface area contributed by atoms with Gasteiger partial charge in [0.1, 0.15) is 5.82 Å². The highest BCUT2D eigenvalue weighted by atomic mass is 79.9. The van der Waals surface area contributed by atoms with Crippen molar-refractivity contribution in [3.63, 3.8) is 0 Å². The first kappa shape index (κ1) is 14.0. The Morgan fingerprint density at radius 1 is 1.44 bits per heavy atom. The van der Waals surface area contributed by atoms with Gasteiger partial charge in [0.15, 0.2) is 0 Å². The fourth-order valence-electron chi connectivity index (χ4n) is 2.24. The van der Waals surface area contributed by atoms with Crippen LogP contribution in [0.2, 0.25) is 0 Å². The fraction of sp³-hybridized carbons (Fsp3) is 0.571. The van der Waals surface area contributed by atoms with Crippen molar-refractivity contribution < 1.29 is 9.13 Å². The Balaban J connectivity index is 1.68. The van der Waals surface area contributed by atoms with Crippen LogP contribution in [-0.2, 0) is 11.3 Å². The molecule has 1 fully saturated rings. The van der Waals surface area contributed by atoms with Crippen molar-refractivity contribution in [3.05, 3.63) is 34.1 Å². The zero-order valence-electron chi connectivity index (χ0n) is 10.4. The molecule has 2 rings (SSSR count). The second-order valence-electron chi connectivity index (χ2n) is 4.79. The first-order valence-corrected chi connectivity index (χ1v) is 7.27. The summed E-state index contributed by atoms with van der Waals surface area (Å²) in [5, 5.41) is 3.40. The van der Waals surface area contributed by atoms with E-state index >= 15 is 0 Å². The smallest absolute Gasteiger partial charge is 0.124 e. The normalized spacial score (nSPS) is 20.0. The summed E-state index contributed by atoms with van der Waals surface area (Å²) in [6, 6.07) is 4.71. The van der Waals surface area contributed by atoms with Crippen molar-refractivity contribution in [2.75, 3.05) is 19.7 Å². The highest BCUT2D eigenvalue weighted by Gasteiger charge is 2.12. The molecule has 0 aromatic heterocycles. The van der Waals surface area contributed by atoms with Crippen LogP contribution in [0.25, 0.3) is 0 Å². The van der Waals surface area contributed by atoms with Crippen molar-refractivity contribution in [2.24, 2.45) is 5.92 Å². The maximum atomic E-state index is 12.9. The minimum absolute atomic E-state index is 0.223. The third kappa shape index (κ3) is 4.34. The molecule has 1 aromatic carbocycles. The van der Waals surface area contributed by atoms with Gasteiger partial charge < -0.3 is 10.1 Å². The van der Waals surface area contributed by atoms with Crippen LogP contribution in [0.5, 0.6) is 0 Å². The van der Waals surface area contributed by atoms with Crippen LogP contribution < -0.4 is 5.32 Å². The molecule has 1 unspecified atom stereocenters. The van der Waals surface area contributed by atoms with E-state index < -0.39 is 0 Å². The van der Waals surface area contributed by atoms with E-state index in [1.54, 1.807) is 6.07 Å². The van der Waals surface area contributed by atoms with Gasteiger partial charge in [0.25, 0.3) is 0 Å². The Hall–Kier alpha value is -0.450. The molecule has 18 heavy (non-hydrogen) atoms. The Morgan fingerprint density at radius 3 is 3.06 bits per heavy atom. The molecule has 0 radical (unpaired) electrons. The van der Waals surface area contributed by atoms with E-state index in [1.165, 1.54) is 25.0 Å². The van der Waals surface area contributed by atoms with Crippen LogP contribution in [0, 0.1) is 11.7 Å². The monoisotopic (exact) mass is 315 g/mol. The summed E-state index contributed by atoms with van der Waals surface area (Å²) < 4.78 is 19.3. The number of nitrogens with one attached hydrogen (secondary N) is 1. The van der Waals surface area contributed by atoms with E-state index in [1.807, 2.05) is 0 Å². The quantitative estimate of drug-likeness (QED) is 0.840. The average molecular weight is 316 g/mol. The van der Waals surface area contributed by atoms with Crippen molar-refractivity contribution in [1.29, 1.82) is 0 Å². The largest absolute Gasteiger partial charge is 0.377 e. The summed E-state index contributed by atoms with van der Waals surface area (Å²) in [7, 11) is 0. The molecule has 0 saturated carbocycles. The summed E-state index contributed by atoms with van der Waals surface area (Å²) in [5.41, 5.74) is 0.998. The van der Waals surface area contributed by atoms with Gasteiger partial charge in [-0.3, -0.25) is 0 Å². The number of hydrogen-bond acceptors (Lipinski definition) is 2. The van der Waals surface area contributed by atoms with E-state index in [2.05, 4.69) is 21.2 Å². The van der Waals surface area contributed by atoms with Crippen LogP contribution in [0.4, 0.5) is 4.39 Å². The van der Waals surface area contributed by atoms with Gasteiger partial charge in [-0.05, 0) is 56.0 Å². The first-order valence-electron chi connectivity index (χ1n) is 6.48. The SMILES string of the molecule is Fc1ccc(COCCC2CCCNC2)c(Br)c1. The summed E-state index contributed by atoms with van der Waals surface area (Å²) in [6.45, 7) is 3.58. The lowest BCUT2D eigenvalue weighted by Gasteiger charge is -2.22. The van der Waals surface area contributed by atoms with Gasteiger partial charge in [0.2, 0.25) is 0 Å². The Labute approximate surface area is 116 Å². The highest BCUT2D eigenvalue weighted by molar-refractivity contribution is 9.10. The third-order valence-corrected chi connectivity index (χ3v) is 4.08. The lowest BCUT2D eigenvalue weighted by Crippen LogP contribution is -2.30. The minimum Gasteiger partial charge on any atom is -0.377 e. The van der Waals surface area contributed by atoms with Crippen molar-refractivity contribution in [3.8, 4) is 0 Å². The van der Waals surface area contributed by atoms with Gasteiger partial charge in [0, 0.05) is 11.1 Å². The molecule has 4 heteroatoms. The predicted molar refractivity (Wildman–Crippen MR) is 74.0 cm³/mol. The Morgan fingerprint density at radius 2 is 2.33 bits per heavy atom. The zero-order valence-corrected chi connectivity index (χ0v) is 12.0. The van der Waals surface area contributed by atoms with Gasteiger partial charge in [-0.2, -0.15) is 0 Å². The summed E-state index contributed by atoms with van der Waals surface area (Å²) in [5.74, 6) is 0.523. The molecule has 1 aliphatic heterocycles. The van der Waals surface area contributed by atoms with Gasteiger partial charge in [-0.25, -0.2) is 4.39 Å². The molecular weight excluding hydrogens is 297 g/mol. The predicted octanol–water partition coefficient (Wildman–Crippen LogP) is 3.49. The average Bonchev–Trinajstić information content (AvgIpc) is 2.38. The molecule has 0 aliphatic carbocycles. The van der Waals surface area contributed by atoms with E-state index in [0.717, 1.165) is 42.1 Å². The molecule has 1 heterocycles. The molecule has 2 nitrogen and oxygen atoms in total. The molecule has 0 amide bonds. The second kappa shape index (κ2) is 7.22. The maximum absolute atomic E-state index is 12.9. The standard InChI is InChI=1S/C14H19BrFNO/c15-14-8-13(16)4-3-12(14)10-18-7-5-11-2-1-6-17-9-11/h3-4,8,11,17H,1-2,5-7,9-10H2. The molecule has 1 aromatic rings. The van der Waals surface area contributed by atoms with Crippen LogP contribution in [-0.4, -0.2) is 19.7 Å². The molecule has 100 valence electrons. The van der Waals surface area contributed by atoms with E-state index in [0.29, 0.717) is 6.61 Å². The topological polar surface area (TPSA) is 21.3 Å². The summed E-state index contributed by atoms with van der Waals surface area (Å²) >= 11 is 3.35. The number of hydrogen-bond donors (Lipinski definition) is 1. The molecule has 1 aliphatic rings. The second-order valence-corrected chi connectivity index (χ2v) is 5.64. The van der Waals surface area contributed by atoms with Crippen LogP contribution in [0.1, 0.15) is 24.8 Å². The molecule has 0 bridgehead atoms. The number of rotatable bonds is 5. The fourth-order valence-corrected chi connectivity index (χ4v) is 2.71. The van der Waals surface area contributed by atoms with Crippen LogP contribution in [0.15, 0.2) is 22.7 Å². The Kier molecular flexibility index (Phi) is 5.60. The number of piperidine rings is 1. The molecule has 1 saturated heterocycles. The zero-order chi connectivity index (χ0) is 12.8. The molecule has 0 spiro atoms. The van der Waals surface area contributed by atoms with E-state index in [-0.39, 0.29) is 5.82 Å². The van der Waals surface area contributed by atoms with Gasteiger partial charge in [-0.15, -0.1) is 0 Å². The Bertz CT molecular complexity index is 380. The van der Waals surface area contributed by atoms with Crippen molar-refractivity contribution in [1.82, 2.24) is 5.32 Å². The lowest BCUT2D eigenvalue weighted by molar-refractivity contribution is 0.103. The maximum Gasteiger partial charge on any atom is 0.124 e. The lowest BCUT2D eigenvalue weighted by atomic mass is 9.97. The minimum atomic E-state index is -0.223. The van der Waals surface area contributed by atoms with Crippen molar-refractivity contribution in [2.45, 2.75) is 25.9 Å². The molecule has 1 N–H and O–H groups in total. The highest BCUT2D eigenvalue weighted by Crippen LogP contribution is 2.19.